The van der Waals surface area contributed by atoms with Gasteiger partial charge in [-0.25, -0.2) is 0 Å². The Bertz CT molecular complexity index is 14.4. The van der Waals surface area contributed by atoms with Crippen LogP contribution in [0.1, 0.15) is 0 Å². The molecule has 1 unspecified atom stereocenters. The largest absolute Gasteiger partial charge is 0.412 e. The van der Waals surface area contributed by atoms with Gasteiger partial charge in [0.2, 0.25) is 0 Å². The third-order valence-corrected chi connectivity index (χ3v) is 0. The van der Waals surface area contributed by atoms with Gasteiger partial charge in [0.05, 0.1) is 0 Å². The Kier molecular flexibility index (Phi) is 78.3. The summed E-state index contributed by atoms with van der Waals surface area (Å²) >= 11 is 0. The van der Waals surface area contributed by atoms with Crippen LogP contribution in [0.4, 0.5) is 0 Å². The average molecular weight is 139 g/mol. The molecule has 0 bridgehead atoms. The van der Waals surface area contributed by atoms with Crippen LogP contribution in [0.3, 0.4) is 0 Å². The molecule has 0 aliphatic heterocycles. The van der Waals surface area contributed by atoms with Crippen LogP contribution in [0, 0.1) is 0 Å². The van der Waals surface area contributed by atoms with Crippen LogP contribution in [0.5, 0.6) is 0 Å². The zero-order valence-electron chi connectivity index (χ0n) is 2.31. The van der Waals surface area contributed by atoms with Crippen molar-refractivity contribution in [1.82, 2.24) is 0 Å². The maximum atomic E-state index is 8.57. The van der Waals surface area contributed by atoms with E-state index in [4.69, 9.17) is 9.46 Å². The van der Waals surface area contributed by atoms with E-state index in [0.29, 0.717) is 0 Å². The molecule has 5 heteroatoms. The Morgan fingerprint density at radius 3 is 1.60 bits per heavy atom. The minimum absolute atomic E-state index is 0. The zero-order valence-corrected chi connectivity index (χ0v) is 4.65. The third-order valence-electron chi connectivity index (χ3n) is 0. The summed E-state index contributed by atoms with van der Waals surface area (Å²) < 4.78 is 8.57. The molecule has 0 saturated heterocycles. The van der Waals surface area contributed by atoms with Gasteiger partial charge >= 0.3 is 0 Å². The summed E-state index contributed by atoms with van der Waals surface area (Å²) in [5, 5.41) is 0. The van der Waals surface area contributed by atoms with Crippen LogP contribution in [-0.2, 0) is 21.6 Å². The van der Waals surface area contributed by atoms with E-state index < -0.39 is 8.69 Å². The molecule has 3 N–H and O–H groups in total. The SMILES string of the molecule is O.O=[PH2]O.[Mn]. The first-order valence-corrected chi connectivity index (χ1v) is 1.48. The second-order valence-corrected chi connectivity index (χ2v) is 0.316. The van der Waals surface area contributed by atoms with E-state index in [2.05, 4.69) is 0 Å². The van der Waals surface area contributed by atoms with Crippen LogP contribution in [0.25, 0.3) is 0 Å². The van der Waals surface area contributed by atoms with Crippen LogP contribution in [0.15, 0.2) is 0 Å². The first-order chi connectivity index (χ1) is 1.41. The van der Waals surface area contributed by atoms with Gasteiger partial charge in [-0.3, -0.25) is 4.57 Å². The molecule has 0 saturated carbocycles. The van der Waals surface area contributed by atoms with Gasteiger partial charge in [-0.15, -0.1) is 0 Å². The van der Waals surface area contributed by atoms with Crippen molar-refractivity contribution < 1.29 is 32.0 Å². The molecule has 0 spiro atoms. The van der Waals surface area contributed by atoms with Gasteiger partial charge < -0.3 is 10.4 Å². The van der Waals surface area contributed by atoms with Crippen molar-refractivity contribution >= 4 is 8.69 Å². The number of hydrogen-bond donors (Lipinski definition) is 1. The topological polar surface area (TPSA) is 68.8 Å². The van der Waals surface area contributed by atoms with E-state index >= 15 is 0 Å². The standard InChI is InChI=1S/Mn.H3O2P.H2O/c;1-3-2;/h;3H2,(H,1,2);1H2. The van der Waals surface area contributed by atoms with Gasteiger partial charge in [0, 0.05) is 17.1 Å². The minimum atomic E-state index is -1.50. The van der Waals surface area contributed by atoms with Crippen molar-refractivity contribution in [3.63, 3.8) is 0 Å². The molecular weight excluding hydrogens is 134 g/mol. The van der Waals surface area contributed by atoms with Crippen LogP contribution >= 0.6 is 8.69 Å². The first kappa shape index (κ1) is 17.3. The molecule has 0 rings (SSSR count). The van der Waals surface area contributed by atoms with E-state index in [1.54, 1.807) is 0 Å². The maximum Gasteiger partial charge on any atom is 0.177 e. The molecule has 0 aromatic carbocycles. The van der Waals surface area contributed by atoms with Crippen molar-refractivity contribution in [2.45, 2.75) is 0 Å². The Labute approximate surface area is 41.5 Å². The van der Waals surface area contributed by atoms with Gasteiger partial charge in [-0.05, 0) is 0 Å². The Hall–Kier alpha value is 0.669. The fourth-order valence-corrected chi connectivity index (χ4v) is 0. The van der Waals surface area contributed by atoms with Gasteiger partial charge in [-0.1, -0.05) is 0 Å². The second kappa shape index (κ2) is 22.6. The monoisotopic (exact) mass is 139 g/mol. The summed E-state index contributed by atoms with van der Waals surface area (Å²) in [5.41, 5.74) is 0. The van der Waals surface area contributed by atoms with Gasteiger partial charge in [0.1, 0.15) is 0 Å². The molecule has 0 aliphatic carbocycles. The van der Waals surface area contributed by atoms with Gasteiger partial charge in [0.15, 0.2) is 8.69 Å². The zero-order chi connectivity index (χ0) is 2.71. The van der Waals surface area contributed by atoms with E-state index in [0.717, 1.165) is 0 Å². The van der Waals surface area contributed by atoms with E-state index in [9.17, 15) is 0 Å². The Morgan fingerprint density at radius 2 is 1.60 bits per heavy atom. The molecule has 35 valence electrons. The Morgan fingerprint density at radius 1 is 1.60 bits per heavy atom. The summed E-state index contributed by atoms with van der Waals surface area (Å²) in [4.78, 5) is 7.10. The predicted molar refractivity (Wildman–Crippen MR) is 16.2 cm³/mol. The van der Waals surface area contributed by atoms with Crippen molar-refractivity contribution in [3.8, 4) is 0 Å². The van der Waals surface area contributed by atoms with E-state index in [-0.39, 0.29) is 22.5 Å². The first-order valence-electron chi connectivity index (χ1n) is 0.494. The number of hydrogen-bond acceptors (Lipinski definition) is 1. The average Bonchev–Trinajstić information content (AvgIpc) is 0.918. The summed E-state index contributed by atoms with van der Waals surface area (Å²) in [6.07, 6.45) is 0. The molecule has 0 fully saturated rings. The predicted octanol–water partition coefficient (Wildman–Crippen LogP) is -1.18. The molecular formula is H5MnO3P. The quantitative estimate of drug-likeness (QED) is 0.339. The smallest absolute Gasteiger partial charge is 0.177 e. The van der Waals surface area contributed by atoms with Crippen LogP contribution in [-0.4, -0.2) is 10.4 Å². The summed E-state index contributed by atoms with van der Waals surface area (Å²) in [6.45, 7) is 0. The van der Waals surface area contributed by atoms with Crippen molar-refractivity contribution in [2.24, 2.45) is 0 Å². The molecule has 0 aromatic heterocycles. The molecule has 3 nitrogen and oxygen atoms in total. The van der Waals surface area contributed by atoms with Crippen LogP contribution in [0.2, 0.25) is 0 Å². The summed E-state index contributed by atoms with van der Waals surface area (Å²) in [5.74, 6) is 0. The Balaban J connectivity index is -0.0000000200. The molecule has 0 heterocycles. The van der Waals surface area contributed by atoms with Gasteiger partial charge in [0.25, 0.3) is 0 Å². The van der Waals surface area contributed by atoms with Gasteiger partial charge in [-0.2, -0.15) is 0 Å². The van der Waals surface area contributed by atoms with Crippen molar-refractivity contribution in [1.29, 1.82) is 0 Å². The molecule has 0 amide bonds. The van der Waals surface area contributed by atoms with Crippen molar-refractivity contribution in [3.05, 3.63) is 0 Å². The van der Waals surface area contributed by atoms with Crippen LogP contribution < -0.4 is 0 Å². The fourth-order valence-electron chi connectivity index (χ4n) is 0. The van der Waals surface area contributed by atoms with E-state index in [1.165, 1.54) is 0 Å². The normalized spacial score (nSPS) is 5.80. The maximum absolute atomic E-state index is 8.57. The summed E-state index contributed by atoms with van der Waals surface area (Å²) in [6, 6.07) is 0. The molecule has 1 radical (unpaired) electrons. The molecule has 1 atom stereocenters. The summed E-state index contributed by atoms with van der Waals surface area (Å²) in [7, 11) is -1.50. The second-order valence-electron chi connectivity index (χ2n) is 0.105. The fraction of sp³-hybridized carbons (Fsp3) is 0. The van der Waals surface area contributed by atoms with Crippen molar-refractivity contribution in [2.75, 3.05) is 0 Å². The third kappa shape index (κ3) is 74.2. The molecule has 0 aromatic rings. The number of rotatable bonds is 0. The molecule has 0 aliphatic rings. The van der Waals surface area contributed by atoms with E-state index in [1.807, 2.05) is 0 Å². The molecule has 5 heavy (non-hydrogen) atoms. The minimum Gasteiger partial charge on any atom is -0.412 e.